The fraction of sp³-hybridized carbons (Fsp3) is 0.462. The highest BCUT2D eigenvalue weighted by atomic mass is 35.5. The molecule has 0 bridgehead atoms. The summed E-state index contributed by atoms with van der Waals surface area (Å²) in [6.45, 7) is 0.960. The van der Waals surface area contributed by atoms with Crippen LogP contribution >= 0.6 is 23.2 Å². The number of anilines is 1. The normalized spacial score (nSPS) is 17.6. The van der Waals surface area contributed by atoms with E-state index in [-0.39, 0.29) is 5.91 Å². The van der Waals surface area contributed by atoms with Crippen molar-refractivity contribution in [2.24, 2.45) is 5.73 Å². The van der Waals surface area contributed by atoms with E-state index < -0.39 is 5.54 Å². The smallest absolute Gasteiger partial charge is 0.244 e. The molecule has 1 fully saturated rings. The molecule has 0 aromatic heterocycles. The molecule has 3 N–H and O–H groups in total. The highest BCUT2D eigenvalue weighted by Crippen LogP contribution is 2.36. The van der Waals surface area contributed by atoms with Crippen LogP contribution in [0.15, 0.2) is 12.1 Å². The van der Waals surface area contributed by atoms with Crippen LogP contribution in [0, 0.1) is 0 Å². The topological polar surface area (TPSA) is 73.6 Å². The van der Waals surface area contributed by atoms with Crippen molar-refractivity contribution in [3.63, 3.8) is 0 Å². The van der Waals surface area contributed by atoms with Crippen LogP contribution in [0.5, 0.6) is 5.75 Å². The van der Waals surface area contributed by atoms with Gasteiger partial charge in [0.15, 0.2) is 5.75 Å². The van der Waals surface area contributed by atoms with E-state index in [1.54, 1.807) is 12.1 Å². The van der Waals surface area contributed by atoms with Crippen LogP contribution in [0.25, 0.3) is 0 Å². The number of amides is 1. The van der Waals surface area contributed by atoms with E-state index >= 15 is 0 Å². The SMILES string of the molecule is COc1c(Cl)cc(NC(=O)C2(N)CCOCC2)cc1Cl. The van der Waals surface area contributed by atoms with Crippen molar-refractivity contribution in [1.82, 2.24) is 0 Å². The average Bonchev–Trinajstić information content (AvgIpc) is 2.39. The van der Waals surface area contributed by atoms with Crippen molar-refractivity contribution in [2.45, 2.75) is 18.4 Å². The summed E-state index contributed by atoms with van der Waals surface area (Å²) in [4.78, 5) is 12.3. The van der Waals surface area contributed by atoms with Gasteiger partial charge in [0, 0.05) is 18.9 Å². The minimum atomic E-state index is -0.920. The summed E-state index contributed by atoms with van der Waals surface area (Å²) < 4.78 is 10.3. The lowest BCUT2D eigenvalue weighted by Gasteiger charge is -2.31. The summed E-state index contributed by atoms with van der Waals surface area (Å²) >= 11 is 12.1. The van der Waals surface area contributed by atoms with Crippen LogP contribution in [0.1, 0.15) is 12.8 Å². The zero-order chi connectivity index (χ0) is 14.8. The van der Waals surface area contributed by atoms with Gasteiger partial charge in [-0.2, -0.15) is 0 Å². The van der Waals surface area contributed by atoms with Gasteiger partial charge in [0.1, 0.15) is 5.54 Å². The first-order valence-electron chi connectivity index (χ1n) is 6.17. The summed E-state index contributed by atoms with van der Waals surface area (Å²) in [5.41, 5.74) is 5.67. The Bertz CT molecular complexity index is 493. The van der Waals surface area contributed by atoms with E-state index in [4.69, 9.17) is 38.4 Å². The first kappa shape index (κ1) is 15.4. The molecule has 1 aromatic rings. The average molecular weight is 319 g/mol. The molecule has 110 valence electrons. The molecule has 1 aliphatic rings. The highest BCUT2D eigenvalue weighted by Gasteiger charge is 2.36. The van der Waals surface area contributed by atoms with Crippen LogP contribution in [0.3, 0.4) is 0 Å². The van der Waals surface area contributed by atoms with Crippen molar-refractivity contribution in [3.8, 4) is 5.75 Å². The number of benzene rings is 1. The number of hydrogen-bond donors (Lipinski definition) is 2. The lowest BCUT2D eigenvalue weighted by molar-refractivity contribution is -0.124. The maximum absolute atomic E-state index is 12.3. The molecule has 1 amide bonds. The van der Waals surface area contributed by atoms with Gasteiger partial charge < -0.3 is 20.5 Å². The van der Waals surface area contributed by atoms with Crippen molar-refractivity contribution in [2.75, 3.05) is 25.6 Å². The molecule has 7 heteroatoms. The third kappa shape index (κ3) is 3.17. The van der Waals surface area contributed by atoms with Gasteiger partial charge in [-0.15, -0.1) is 0 Å². The summed E-state index contributed by atoms with van der Waals surface area (Å²) in [5, 5.41) is 3.40. The van der Waals surface area contributed by atoms with Crippen molar-refractivity contribution in [1.29, 1.82) is 0 Å². The number of carbonyl (C=O) groups is 1. The molecule has 1 aliphatic heterocycles. The number of carbonyl (C=O) groups excluding carboxylic acids is 1. The van der Waals surface area contributed by atoms with E-state index in [1.165, 1.54) is 7.11 Å². The Morgan fingerprint density at radius 2 is 1.90 bits per heavy atom. The summed E-state index contributed by atoms with van der Waals surface area (Å²) in [7, 11) is 1.47. The predicted octanol–water partition coefficient (Wildman–Crippen LogP) is 2.45. The Kier molecular flexibility index (Phi) is 4.75. The van der Waals surface area contributed by atoms with Gasteiger partial charge in [0.25, 0.3) is 0 Å². The van der Waals surface area contributed by atoms with Gasteiger partial charge in [-0.25, -0.2) is 0 Å². The summed E-state index contributed by atoms with van der Waals surface area (Å²) in [6, 6.07) is 3.15. The van der Waals surface area contributed by atoms with Crippen molar-refractivity contribution < 1.29 is 14.3 Å². The first-order valence-corrected chi connectivity index (χ1v) is 6.93. The number of ether oxygens (including phenoxy) is 2. The van der Waals surface area contributed by atoms with Crippen LogP contribution < -0.4 is 15.8 Å². The maximum atomic E-state index is 12.3. The second-order valence-electron chi connectivity index (χ2n) is 4.70. The third-order valence-corrected chi connectivity index (χ3v) is 3.86. The van der Waals surface area contributed by atoms with Crippen molar-refractivity contribution >= 4 is 34.8 Å². The van der Waals surface area contributed by atoms with Crippen LogP contribution in [-0.2, 0) is 9.53 Å². The molecule has 0 atom stereocenters. The van der Waals surface area contributed by atoms with E-state index in [2.05, 4.69) is 5.32 Å². The maximum Gasteiger partial charge on any atom is 0.244 e. The van der Waals surface area contributed by atoms with E-state index in [1.807, 2.05) is 0 Å². The Labute approximate surface area is 127 Å². The fourth-order valence-corrected chi connectivity index (χ4v) is 2.69. The zero-order valence-electron chi connectivity index (χ0n) is 11.0. The second-order valence-corrected chi connectivity index (χ2v) is 5.51. The van der Waals surface area contributed by atoms with E-state index in [9.17, 15) is 4.79 Å². The van der Waals surface area contributed by atoms with Crippen molar-refractivity contribution in [3.05, 3.63) is 22.2 Å². The van der Waals surface area contributed by atoms with Gasteiger partial charge in [0.2, 0.25) is 5.91 Å². The number of nitrogens with one attached hydrogen (secondary N) is 1. The van der Waals surface area contributed by atoms with Gasteiger partial charge in [-0.1, -0.05) is 23.2 Å². The first-order chi connectivity index (χ1) is 9.46. The summed E-state index contributed by atoms with van der Waals surface area (Å²) in [6.07, 6.45) is 0.965. The Morgan fingerprint density at radius 1 is 1.35 bits per heavy atom. The molecule has 5 nitrogen and oxygen atoms in total. The highest BCUT2D eigenvalue weighted by molar-refractivity contribution is 6.37. The zero-order valence-corrected chi connectivity index (χ0v) is 12.6. The molecule has 2 rings (SSSR count). The largest absolute Gasteiger partial charge is 0.494 e. The fourth-order valence-electron chi connectivity index (χ4n) is 2.05. The van der Waals surface area contributed by atoms with Crippen LogP contribution in [-0.4, -0.2) is 31.8 Å². The molecule has 0 aliphatic carbocycles. The van der Waals surface area contributed by atoms with Crippen LogP contribution in [0.2, 0.25) is 10.0 Å². The number of rotatable bonds is 3. The second kappa shape index (κ2) is 6.18. The molecular weight excluding hydrogens is 303 g/mol. The Hall–Kier alpha value is -1.01. The Balaban J connectivity index is 2.15. The molecule has 20 heavy (non-hydrogen) atoms. The lowest BCUT2D eigenvalue weighted by Crippen LogP contribution is -2.54. The van der Waals surface area contributed by atoms with E-state index in [0.717, 1.165) is 0 Å². The Morgan fingerprint density at radius 3 is 2.40 bits per heavy atom. The van der Waals surface area contributed by atoms with Crippen LogP contribution in [0.4, 0.5) is 5.69 Å². The number of nitrogens with two attached hydrogens (primary N) is 1. The standard InChI is InChI=1S/C13H16Cl2N2O3/c1-19-11-9(14)6-8(7-10(11)15)17-12(18)13(16)2-4-20-5-3-13/h6-7H,2-5,16H2,1H3,(H,17,18). The predicted molar refractivity (Wildman–Crippen MR) is 78.6 cm³/mol. The quantitative estimate of drug-likeness (QED) is 0.897. The number of halogens is 2. The monoisotopic (exact) mass is 318 g/mol. The van der Waals surface area contributed by atoms with Gasteiger partial charge in [-0.05, 0) is 25.0 Å². The van der Waals surface area contributed by atoms with Gasteiger partial charge >= 0.3 is 0 Å². The minimum absolute atomic E-state index is 0.266. The third-order valence-electron chi connectivity index (χ3n) is 3.30. The van der Waals surface area contributed by atoms with Gasteiger partial charge in [0.05, 0.1) is 17.2 Å². The molecule has 0 unspecified atom stereocenters. The number of hydrogen-bond acceptors (Lipinski definition) is 4. The molecule has 1 aromatic carbocycles. The minimum Gasteiger partial charge on any atom is -0.494 e. The molecule has 0 spiro atoms. The molecule has 1 saturated heterocycles. The molecule has 0 radical (unpaired) electrons. The molecular formula is C13H16Cl2N2O3. The lowest BCUT2D eigenvalue weighted by atomic mass is 9.90. The number of methoxy groups -OCH3 is 1. The van der Waals surface area contributed by atoms with Gasteiger partial charge in [-0.3, -0.25) is 4.79 Å². The molecule has 1 heterocycles. The summed E-state index contributed by atoms with van der Waals surface area (Å²) in [5.74, 6) is 0.109. The van der Waals surface area contributed by atoms with E-state index in [0.29, 0.717) is 47.5 Å². The molecule has 0 saturated carbocycles.